The van der Waals surface area contributed by atoms with Crippen LogP contribution in [-0.4, -0.2) is 270 Å². The summed E-state index contributed by atoms with van der Waals surface area (Å²) in [7, 11) is 6.30. The quantitative estimate of drug-likeness (QED) is 0.0297. The van der Waals surface area contributed by atoms with E-state index in [4.69, 9.17) is 24.4 Å². The minimum absolute atomic E-state index is 0.0763. The Hall–Kier alpha value is -7.95. The number of hydrogen-bond acceptors (Lipinski definition) is 15. The van der Waals surface area contributed by atoms with E-state index in [0.717, 1.165) is 66.8 Å². The van der Waals surface area contributed by atoms with E-state index in [1.807, 2.05) is 128 Å². The van der Waals surface area contributed by atoms with E-state index in [1.54, 1.807) is 77.5 Å². The van der Waals surface area contributed by atoms with Crippen LogP contribution < -0.4 is 0 Å². The first-order chi connectivity index (χ1) is 54.4. The van der Waals surface area contributed by atoms with Crippen molar-refractivity contribution in [1.82, 2.24) is 67.8 Å². The molecule has 21 nitrogen and oxygen atoms in total. The molecule has 0 atom stereocenters. The standard InChI is InChI=1S/C19H10N2O2STe.C18H14N4O2STe.C12H8N2OTe.C11H8N2Te.C7H6N2.C6H8N2O2S.C4H3ITe.C4H4Te/c22-17-13(18(23)15-10-24-9-14(15)17)8-12-3-4-16(25-12)21-7-5-11-2-1-6-20-19(11)21;1-20-16(23)13(17(24)21(2)18(20)25)10-12-5-6-14(26-12)22-9-7-11-4-3-8-19-15(11)22;15-8-10-3-4-11(16-10)14-7-5-9-2-1-6-13-12(9)14;1-3-9-5-7-13(11(9)12-6-1)10-4-2-8-14-10;1-2-6-3-5-9-7(6)8-4-1;1-7-4(9)3-5(10)8(2)6(7)11;5-4-2-1-3-6-4;1-2-4-5-3-1/h1-10H;3-10H,1-2H3;1-8H;1-8H;1-5H,(H,8,9);3H2,1-2H3;1-3H;1-4H. The second kappa shape index (κ2) is 38.9. The number of nitrogens with one attached hydrogen (secondary N) is 1. The molecule has 558 valence electrons. The molecule has 112 heavy (non-hydrogen) atoms. The maximum atomic E-state index is 12.4. The fourth-order valence-electron chi connectivity index (χ4n) is 11.2. The zero-order valence-corrected chi connectivity index (χ0v) is 78.1. The molecule has 0 bridgehead atoms. The number of amides is 4. The van der Waals surface area contributed by atoms with Crippen molar-refractivity contribution in [3.05, 3.63) is 287 Å². The molecule has 2 saturated heterocycles. The molecule has 19 heterocycles. The van der Waals surface area contributed by atoms with Crippen LogP contribution in [0.4, 0.5) is 0 Å². The number of hydrogen-bond donors (Lipinski definition) is 1. The summed E-state index contributed by atoms with van der Waals surface area (Å²) < 4.78 is 27.2. The van der Waals surface area contributed by atoms with Crippen LogP contribution in [-0.2, 0) is 19.2 Å². The molecule has 3 aliphatic rings. The van der Waals surface area contributed by atoms with Crippen molar-refractivity contribution < 1.29 is 33.6 Å². The fraction of sp³-hybridized carbons (Fsp3) is 0.0617. The number of thiocarbonyl (C=S) groups is 2. The number of pyridine rings is 5. The molecule has 0 radical (unpaired) electrons. The molecule has 1 aliphatic carbocycles. The number of Topliss-reactive ketones (excluding diaryl/α,β-unsaturated/α-hetero) is 2. The minimum Gasteiger partial charge on any atom is -0.346 e. The fourth-order valence-corrected chi connectivity index (χ4v) is 25.8. The van der Waals surface area contributed by atoms with Gasteiger partial charge in [-0.15, -0.1) is 0 Å². The van der Waals surface area contributed by atoms with Crippen LogP contribution in [0.15, 0.2) is 264 Å². The first kappa shape index (κ1) is 82.0. The van der Waals surface area contributed by atoms with Crippen molar-refractivity contribution in [2.24, 2.45) is 0 Å². The van der Waals surface area contributed by atoms with Crippen molar-refractivity contribution in [1.29, 1.82) is 0 Å². The van der Waals surface area contributed by atoms with Gasteiger partial charge in [-0.2, -0.15) is 0 Å². The molecule has 0 aromatic carbocycles. The second-order valence-electron chi connectivity index (χ2n) is 24.0. The van der Waals surface area contributed by atoms with Crippen molar-refractivity contribution in [3.63, 3.8) is 0 Å². The largest absolute Gasteiger partial charge is 0.346 e. The van der Waals surface area contributed by atoms with E-state index < -0.39 is 61.3 Å². The molecule has 2 aliphatic heterocycles. The van der Waals surface area contributed by atoms with Crippen molar-refractivity contribution in [2.75, 3.05) is 28.2 Å². The number of allylic oxidation sites excluding steroid dienone is 1. The maximum Gasteiger partial charge on any atom is 0.137 e. The SMILES string of the molecule is CN1C(=O)C(=Cc2ccc(-n3ccc4cccnc43)[te]2)C(=O)N(C)C1=S.CN1C(=O)CC(=O)N(C)C1=S.Ic1ccc[te]1.O=C1C(=Cc2ccc(-n3ccc4cccnc43)[te]2)C(=O)c2cscc21.O=Cc1ccc(-n2ccc3cccnc32)[te]1.c1c[te]c(-n2ccc3cccnc32)c1.c1cc[te]c1.c1cnc2[nH]ccc2c1. The van der Waals surface area contributed by atoms with Crippen molar-refractivity contribution >= 4 is 300 Å². The Balaban J connectivity index is 0.000000118. The third kappa shape index (κ3) is 19.5. The molecular weight excluding hydrogens is 2270 g/mol. The van der Waals surface area contributed by atoms with Gasteiger partial charge >= 0.3 is 618 Å². The van der Waals surface area contributed by atoms with E-state index in [9.17, 15) is 33.6 Å². The van der Waals surface area contributed by atoms with Gasteiger partial charge in [0.2, 0.25) is 11.8 Å². The molecule has 0 saturated carbocycles. The molecule has 2 fully saturated rings. The number of fused-ring (bicyclic) bond motifs is 6. The number of H-pyrrole nitrogens is 1. The van der Waals surface area contributed by atoms with Crippen LogP contribution in [0.3, 0.4) is 0 Å². The van der Waals surface area contributed by atoms with Gasteiger partial charge in [0.15, 0.2) is 5.11 Å². The van der Waals surface area contributed by atoms with Crippen LogP contribution >= 0.6 is 58.4 Å². The number of carbonyl (C=O) groups excluding carboxylic acids is 7. The smallest absolute Gasteiger partial charge is 0.137 e. The first-order valence-electron chi connectivity index (χ1n) is 33.7. The number of aromatic amines is 1. The number of aldehydes is 1. The van der Waals surface area contributed by atoms with Crippen LogP contribution in [0.2, 0.25) is 0 Å². The molecule has 4 amide bonds. The molecule has 0 spiro atoms. The number of halogens is 1. The Morgan fingerprint density at radius 2 is 0.839 bits per heavy atom. The predicted molar refractivity (Wildman–Crippen MR) is 463 cm³/mol. The monoisotopic (exact) mass is 2340 g/mol. The van der Waals surface area contributed by atoms with Gasteiger partial charge in [-0.05, 0) is 30.4 Å². The molecule has 17 aromatic rings. The summed E-state index contributed by atoms with van der Waals surface area (Å²) in [5.74, 6) is -1.47. The molecule has 20 rings (SSSR count). The van der Waals surface area contributed by atoms with Gasteiger partial charge in [-0.3, -0.25) is 19.4 Å². The van der Waals surface area contributed by atoms with Crippen LogP contribution in [0.1, 0.15) is 42.7 Å². The number of aromatic nitrogens is 10. The summed E-state index contributed by atoms with van der Waals surface area (Å²) in [6, 6.07) is 55.1. The molecule has 0 unspecified atom stereocenters. The van der Waals surface area contributed by atoms with Gasteiger partial charge in [0.25, 0.3) is 0 Å². The predicted octanol–water partition coefficient (Wildman–Crippen LogP) is 12.5. The van der Waals surface area contributed by atoms with E-state index in [2.05, 4.69) is 160 Å². The average molecular weight is 2330 g/mol. The van der Waals surface area contributed by atoms with Gasteiger partial charge in [-0.1, -0.05) is 0 Å². The van der Waals surface area contributed by atoms with Crippen LogP contribution in [0.25, 0.3) is 82.1 Å². The van der Waals surface area contributed by atoms with Gasteiger partial charge in [0.05, 0.1) is 0 Å². The third-order valence-electron chi connectivity index (χ3n) is 16.9. The number of ketones is 2. The Labute approximate surface area is 728 Å². The van der Waals surface area contributed by atoms with E-state index >= 15 is 0 Å². The van der Waals surface area contributed by atoms with Crippen molar-refractivity contribution in [3.8, 4) is 14.8 Å². The number of nitrogens with zero attached hydrogens (tertiary/aromatic N) is 13. The summed E-state index contributed by atoms with van der Waals surface area (Å²) in [4.78, 5) is 112. The number of rotatable bonds is 7. The number of thiophene rings is 1. The minimum atomic E-state index is -0.736. The van der Waals surface area contributed by atoms with Gasteiger partial charge in [0.1, 0.15) is 12.1 Å². The van der Waals surface area contributed by atoms with Crippen LogP contribution in [0.5, 0.6) is 0 Å². The first-order valence-corrected chi connectivity index (χ1v) is 51.3. The summed E-state index contributed by atoms with van der Waals surface area (Å²) in [6.45, 7) is 0. The zero-order chi connectivity index (χ0) is 78.4. The van der Waals surface area contributed by atoms with E-state index in [-0.39, 0.29) is 119 Å². The zero-order valence-electron chi connectivity index (χ0n) is 59.5. The normalized spacial score (nSPS) is 13.1. The molecular formula is C81H61IN14O7S3Te6. The summed E-state index contributed by atoms with van der Waals surface area (Å²) in [6.07, 6.45) is 23.4. The Bertz CT molecular complexity index is 6190. The van der Waals surface area contributed by atoms with Crippen LogP contribution in [0, 0.1) is 1.59 Å². The number of carbonyl (C=O) groups is 7. The summed E-state index contributed by atoms with van der Waals surface area (Å²) in [5, 5.41) is 9.72. The molecule has 1 N–H and O–H groups in total. The molecule has 31 heteroatoms. The van der Waals surface area contributed by atoms with E-state index in [1.165, 1.54) is 51.1 Å². The number of likely N-dealkylation sites (N-methyl/N-ethyl adjacent to an activating group) is 2. The molecule has 17 aromatic heterocycles. The Kier molecular flexibility index (Phi) is 28.5. The van der Waals surface area contributed by atoms with Gasteiger partial charge in [-0.25, -0.2) is 4.98 Å². The average Bonchev–Trinajstić information content (AvgIpc) is 1.63. The Morgan fingerprint density at radius 3 is 1.23 bits per heavy atom. The summed E-state index contributed by atoms with van der Waals surface area (Å²) in [5.41, 5.74) is 6.43. The van der Waals surface area contributed by atoms with Crippen molar-refractivity contribution in [2.45, 2.75) is 6.42 Å². The maximum absolute atomic E-state index is 12.4. The van der Waals surface area contributed by atoms with Gasteiger partial charge in [0, 0.05) is 31.9 Å². The Morgan fingerprint density at radius 1 is 0.429 bits per heavy atom. The summed E-state index contributed by atoms with van der Waals surface area (Å²) >= 11 is 12.1. The topological polar surface area (TPSA) is 232 Å². The third-order valence-corrected chi connectivity index (χ3v) is 35.7. The second-order valence-corrected chi connectivity index (χ2v) is 45.9. The van der Waals surface area contributed by atoms with E-state index in [0.29, 0.717) is 16.7 Å². The van der Waals surface area contributed by atoms with Gasteiger partial charge < -0.3 is 4.98 Å².